The lowest BCUT2D eigenvalue weighted by Gasteiger charge is -2.28. The van der Waals surface area contributed by atoms with Crippen LogP contribution in [0.5, 0.6) is 5.75 Å². The van der Waals surface area contributed by atoms with Crippen molar-refractivity contribution in [2.24, 2.45) is 0 Å². The summed E-state index contributed by atoms with van der Waals surface area (Å²) in [7, 11) is 1.56. The normalized spacial score (nSPS) is 16.3. The number of ether oxygens (including phenoxy) is 1. The maximum absolute atomic E-state index is 13.3. The van der Waals surface area contributed by atoms with E-state index in [-0.39, 0.29) is 11.4 Å². The zero-order valence-corrected chi connectivity index (χ0v) is 17.7. The number of methoxy groups -OCH3 is 1. The highest BCUT2D eigenvalue weighted by atomic mass is 32.1. The molecule has 0 saturated carbocycles. The van der Waals surface area contributed by atoms with Crippen LogP contribution in [0.4, 0.5) is 5.69 Å². The molecule has 0 radical (unpaired) electrons. The van der Waals surface area contributed by atoms with Crippen LogP contribution in [0.3, 0.4) is 0 Å². The van der Waals surface area contributed by atoms with Crippen LogP contribution in [0, 0.1) is 13.8 Å². The summed E-state index contributed by atoms with van der Waals surface area (Å²) in [6.45, 7) is 3.84. The van der Waals surface area contributed by atoms with Gasteiger partial charge in [-0.3, -0.25) is 14.5 Å². The first kappa shape index (κ1) is 19.9. The Kier molecular flexibility index (Phi) is 5.18. The SMILES string of the molecule is COc1cccc(C2C(C(=O)c3cccs3)=C(O)C(=O)N2c2cc(C)ccc2C)c1. The van der Waals surface area contributed by atoms with Crippen molar-refractivity contribution in [3.63, 3.8) is 0 Å². The Hall–Kier alpha value is -3.38. The van der Waals surface area contributed by atoms with E-state index in [0.29, 0.717) is 21.9 Å². The van der Waals surface area contributed by atoms with Crippen LogP contribution in [0.25, 0.3) is 0 Å². The Labute approximate surface area is 178 Å². The number of Topliss-reactive ketones (excluding diaryl/α,β-unsaturated/α-hetero) is 1. The Morgan fingerprint density at radius 3 is 2.60 bits per heavy atom. The van der Waals surface area contributed by atoms with Gasteiger partial charge in [-0.05, 0) is 60.2 Å². The van der Waals surface area contributed by atoms with Gasteiger partial charge in [0.15, 0.2) is 5.76 Å². The van der Waals surface area contributed by atoms with Gasteiger partial charge in [0.2, 0.25) is 5.78 Å². The second-order valence-corrected chi connectivity index (χ2v) is 8.16. The Bertz CT molecular complexity index is 1160. The lowest BCUT2D eigenvalue weighted by Crippen LogP contribution is -2.31. The Morgan fingerprint density at radius 1 is 1.10 bits per heavy atom. The molecule has 1 amide bonds. The lowest BCUT2D eigenvalue weighted by atomic mass is 9.94. The molecule has 6 heteroatoms. The van der Waals surface area contributed by atoms with Gasteiger partial charge in [-0.2, -0.15) is 0 Å². The minimum atomic E-state index is -0.761. The van der Waals surface area contributed by atoms with E-state index in [4.69, 9.17) is 4.74 Å². The van der Waals surface area contributed by atoms with Crippen molar-refractivity contribution >= 4 is 28.7 Å². The zero-order valence-electron chi connectivity index (χ0n) is 16.9. The van der Waals surface area contributed by atoms with Crippen molar-refractivity contribution in [1.82, 2.24) is 0 Å². The van der Waals surface area contributed by atoms with Crippen LogP contribution < -0.4 is 9.64 Å². The average molecular weight is 420 g/mol. The number of carbonyl (C=O) groups excluding carboxylic acids is 2. The quantitative estimate of drug-likeness (QED) is 0.581. The minimum absolute atomic E-state index is 0.0802. The van der Waals surface area contributed by atoms with E-state index in [0.717, 1.165) is 11.1 Å². The first-order chi connectivity index (χ1) is 14.4. The number of rotatable bonds is 5. The number of thiophene rings is 1. The third-order valence-electron chi connectivity index (χ3n) is 5.23. The molecular weight excluding hydrogens is 398 g/mol. The summed E-state index contributed by atoms with van der Waals surface area (Å²) < 4.78 is 5.35. The number of hydrogen-bond donors (Lipinski definition) is 1. The van der Waals surface area contributed by atoms with Crippen LogP contribution in [0.2, 0.25) is 0 Å². The summed E-state index contributed by atoms with van der Waals surface area (Å²) in [5.41, 5.74) is 3.28. The van der Waals surface area contributed by atoms with E-state index < -0.39 is 17.7 Å². The van der Waals surface area contributed by atoms with Gasteiger partial charge in [0.05, 0.1) is 23.6 Å². The van der Waals surface area contributed by atoms with Crippen LogP contribution >= 0.6 is 11.3 Å². The van der Waals surface area contributed by atoms with Crippen molar-refractivity contribution in [2.45, 2.75) is 19.9 Å². The molecule has 0 aliphatic carbocycles. The van der Waals surface area contributed by atoms with Gasteiger partial charge in [-0.1, -0.05) is 30.3 Å². The van der Waals surface area contributed by atoms with E-state index in [9.17, 15) is 14.7 Å². The van der Waals surface area contributed by atoms with Gasteiger partial charge in [-0.25, -0.2) is 0 Å². The maximum atomic E-state index is 13.3. The Balaban J connectivity index is 1.93. The molecule has 0 spiro atoms. The van der Waals surface area contributed by atoms with E-state index in [2.05, 4.69) is 0 Å². The molecule has 3 aromatic rings. The molecule has 1 atom stereocenters. The first-order valence-electron chi connectivity index (χ1n) is 9.48. The molecule has 0 saturated heterocycles. The fraction of sp³-hybridized carbons (Fsp3) is 0.167. The van der Waals surface area contributed by atoms with Crippen LogP contribution in [0.1, 0.15) is 32.4 Å². The topological polar surface area (TPSA) is 66.8 Å². The summed E-state index contributed by atoms with van der Waals surface area (Å²) in [6.07, 6.45) is 0. The summed E-state index contributed by atoms with van der Waals surface area (Å²) >= 11 is 1.28. The molecule has 5 nitrogen and oxygen atoms in total. The maximum Gasteiger partial charge on any atom is 0.294 e. The third kappa shape index (κ3) is 3.29. The standard InChI is InChI=1S/C24H21NO4S/c1-14-9-10-15(2)18(12-14)25-21(16-6-4-7-17(13-16)29-3)20(23(27)24(25)28)22(26)19-8-5-11-30-19/h4-13,21,27H,1-3H3. The number of ketones is 1. The summed E-state index contributed by atoms with van der Waals surface area (Å²) in [4.78, 5) is 28.5. The molecule has 30 heavy (non-hydrogen) atoms. The molecule has 0 fully saturated rings. The van der Waals surface area contributed by atoms with Crippen molar-refractivity contribution in [1.29, 1.82) is 0 Å². The highest BCUT2D eigenvalue weighted by molar-refractivity contribution is 7.12. The van der Waals surface area contributed by atoms with Crippen LogP contribution in [-0.4, -0.2) is 23.9 Å². The zero-order chi connectivity index (χ0) is 21.4. The lowest BCUT2D eigenvalue weighted by molar-refractivity contribution is -0.117. The average Bonchev–Trinajstić information content (AvgIpc) is 3.37. The van der Waals surface area contributed by atoms with Crippen LogP contribution in [0.15, 0.2) is 71.3 Å². The van der Waals surface area contributed by atoms with Gasteiger partial charge in [0.1, 0.15) is 5.75 Å². The number of benzene rings is 2. The minimum Gasteiger partial charge on any atom is -0.503 e. The molecule has 1 aliphatic heterocycles. The highest BCUT2D eigenvalue weighted by Crippen LogP contribution is 2.44. The predicted molar refractivity (Wildman–Crippen MR) is 117 cm³/mol. The fourth-order valence-corrected chi connectivity index (χ4v) is 4.41. The second kappa shape index (κ2) is 7.80. The third-order valence-corrected chi connectivity index (χ3v) is 6.10. The molecule has 4 rings (SSSR count). The van der Waals surface area contributed by atoms with Crippen molar-refractivity contribution in [3.05, 3.63) is 92.9 Å². The van der Waals surface area contributed by atoms with Crippen molar-refractivity contribution < 1.29 is 19.4 Å². The summed E-state index contributed by atoms with van der Waals surface area (Å²) in [5, 5.41) is 12.6. The monoisotopic (exact) mass is 419 g/mol. The smallest absolute Gasteiger partial charge is 0.294 e. The van der Waals surface area contributed by atoms with Crippen molar-refractivity contribution in [2.75, 3.05) is 12.0 Å². The molecule has 0 bridgehead atoms. The van der Waals surface area contributed by atoms with E-state index >= 15 is 0 Å². The number of carbonyl (C=O) groups is 2. The van der Waals surface area contributed by atoms with Crippen LogP contribution in [-0.2, 0) is 4.79 Å². The number of aliphatic hydroxyl groups excluding tert-OH is 1. The van der Waals surface area contributed by atoms with Gasteiger partial charge < -0.3 is 9.84 Å². The van der Waals surface area contributed by atoms with Crippen molar-refractivity contribution in [3.8, 4) is 5.75 Å². The summed E-state index contributed by atoms with van der Waals surface area (Å²) in [5.74, 6) is -0.842. The Morgan fingerprint density at radius 2 is 1.90 bits per heavy atom. The molecule has 1 aromatic heterocycles. The number of nitrogens with zero attached hydrogens (tertiary/aromatic N) is 1. The molecule has 152 valence electrons. The summed E-state index contributed by atoms with van der Waals surface area (Å²) in [6, 6.07) is 15.7. The molecule has 1 aliphatic rings. The molecule has 2 heterocycles. The number of anilines is 1. The van der Waals surface area contributed by atoms with E-state index in [1.807, 2.05) is 44.2 Å². The molecular formula is C24H21NO4S. The number of aliphatic hydroxyl groups is 1. The molecule has 1 N–H and O–H groups in total. The van der Waals surface area contributed by atoms with Gasteiger partial charge in [-0.15, -0.1) is 11.3 Å². The first-order valence-corrected chi connectivity index (χ1v) is 10.4. The largest absolute Gasteiger partial charge is 0.503 e. The highest BCUT2D eigenvalue weighted by Gasteiger charge is 2.45. The molecule has 2 aromatic carbocycles. The fourth-order valence-electron chi connectivity index (χ4n) is 3.73. The molecule has 1 unspecified atom stereocenters. The number of amides is 1. The van der Waals surface area contributed by atoms with Gasteiger partial charge in [0.25, 0.3) is 5.91 Å². The van der Waals surface area contributed by atoms with Gasteiger partial charge >= 0.3 is 0 Å². The van der Waals surface area contributed by atoms with Gasteiger partial charge in [0, 0.05) is 5.69 Å². The van der Waals surface area contributed by atoms with E-state index in [1.54, 1.807) is 36.8 Å². The number of hydrogen-bond acceptors (Lipinski definition) is 5. The second-order valence-electron chi connectivity index (χ2n) is 7.21. The predicted octanol–water partition coefficient (Wildman–Crippen LogP) is 5.16. The van der Waals surface area contributed by atoms with E-state index in [1.165, 1.54) is 16.2 Å². The number of aryl methyl sites for hydroxylation is 2.